The number of ether oxygens (including phenoxy) is 1. The van der Waals surface area contributed by atoms with Gasteiger partial charge >= 0.3 is 0 Å². The molecule has 1 aromatic heterocycles. The monoisotopic (exact) mass is 239 g/mol. The van der Waals surface area contributed by atoms with Crippen molar-refractivity contribution in [2.45, 2.75) is 52.2 Å². The maximum atomic E-state index is 5.22. The molecular weight excluding hydrogens is 214 g/mol. The highest BCUT2D eigenvalue weighted by molar-refractivity contribution is 4.99. The smallest absolute Gasteiger partial charge is 0.0951 e. The van der Waals surface area contributed by atoms with Crippen LogP contribution in [0.2, 0.25) is 0 Å². The Kier molecular flexibility index (Phi) is 6.22. The first-order valence-electron chi connectivity index (χ1n) is 6.42. The summed E-state index contributed by atoms with van der Waals surface area (Å²) in [4.78, 5) is 4.21. The number of rotatable bonds is 8. The summed E-state index contributed by atoms with van der Waals surface area (Å²) < 4.78 is 7.42. The molecule has 0 saturated carbocycles. The first-order chi connectivity index (χ1) is 8.19. The molecule has 0 radical (unpaired) electrons. The summed E-state index contributed by atoms with van der Waals surface area (Å²) >= 11 is 0. The zero-order valence-corrected chi connectivity index (χ0v) is 11.4. The minimum Gasteiger partial charge on any atom is -0.383 e. The van der Waals surface area contributed by atoms with Crippen molar-refractivity contribution in [3.8, 4) is 0 Å². The first-order valence-corrected chi connectivity index (χ1v) is 6.42. The highest BCUT2D eigenvalue weighted by atomic mass is 16.5. The van der Waals surface area contributed by atoms with Crippen LogP contribution in [0, 0.1) is 0 Å². The van der Waals surface area contributed by atoms with Crippen LogP contribution < -0.4 is 5.32 Å². The van der Waals surface area contributed by atoms with Gasteiger partial charge in [0.15, 0.2) is 0 Å². The third-order valence-electron chi connectivity index (χ3n) is 2.88. The van der Waals surface area contributed by atoms with E-state index in [-0.39, 0.29) is 0 Å². The summed E-state index contributed by atoms with van der Waals surface area (Å²) in [6.45, 7) is 8.16. The van der Waals surface area contributed by atoms with Crippen LogP contribution in [0.5, 0.6) is 0 Å². The van der Waals surface area contributed by atoms with Crippen LogP contribution in [0.1, 0.15) is 45.3 Å². The standard InChI is InChI=1S/C13H25N3O/c1-5-6-12(9-17-4)15-8-13-7-14-10-16(13)11(2)3/h7,10-12,15H,5-6,8-9H2,1-4H3. The fourth-order valence-electron chi connectivity index (χ4n) is 1.98. The van der Waals surface area contributed by atoms with E-state index in [1.165, 1.54) is 12.1 Å². The summed E-state index contributed by atoms with van der Waals surface area (Å²) in [6.07, 6.45) is 6.14. The van der Waals surface area contributed by atoms with E-state index in [2.05, 4.69) is 35.6 Å². The lowest BCUT2D eigenvalue weighted by Crippen LogP contribution is -2.33. The van der Waals surface area contributed by atoms with Gasteiger partial charge in [-0.15, -0.1) is 0 Å². The van der Waals surface area contributed by atoms with Gasteiger partial charge < -0.3 is 14.6 Å². The molecule has 98 valence electrons. The normalized spacial score (nSPS) is 13.2. The van der Waals surface area contributed by atoms with Crippen molar-refractivity contribution in [2.75, 3.05) is 13.7 Å². The number of hydrogen-bond donors (Lipinski definition) is 1. The maximum absolute atomic E-state index is 5.22. The highest BCUT2D eigenvalue weighted by Crippen LogP contribution is 2.09. The van der Waals surface area contributed by atoms with E-state index < -0.39 is 0 Å². The molecule has 0 aliphatic rings. The zero-order valence-electron chi connectivity index (χ0n) is 11.4. The Bertz CT molecular complexity index is 303. The molecule has 0 amide bonds. The van der Waals surface area contributed by atoms with Gasteiger partial charge in [0.05, 0.1) is 18.6 Å². The number of aromatic nitrogens is 2. The van der Waals surface area contributed by atoms with Crippen LogP contribution in [0.3, 0.4) is 0 Å². The number of nitrogens with one attached hydrogen (secondary N) is 1. The average Bonchev–Trinajstić information content (AvgIpc) is 2.74. The Balaban J connectivity index is 2.49. The minimum absolute atomic E-state index is 0.431. The number of nitrogens with zero attached hydrogens (tertiary/aromatic N) is 2. The maximum Gasteiger partial charge on any atom is 0.0951 e. The third-order valence-corrected chi connectivity index (χ3v) is 2.88. The minimum atomic E-state index is 0.431. The lowest BCUT2D eigenvalue weighted by Gasteiger charge is -2.18. The van der Waals surface area contributed by atoms with Crippen LogP contribution in [0.15, 0.2) is 12.5 Å². The zero-order chi connectivity index (χ0) is 12.7. The molecule has 1 atom stereocenters. The van der Waals surface area contributed by atoms with Crippen molar-refractivity contribution in [1.82, 2.24) is 14.9 Å². The van der Waals surface area contributed by atoms with Crippen molar-refractivity contribution in [3.63, 3.8) is 0 Å². The van der Waals surface area contributed by atoms with Gasteiger partial charge in [0.2, 0.25) is 0 Å². The molecule has 1 unspecified atom stereocenters. The second kappa shape index (κ2) is 7.45. The fraction of sp³-hybridized carbons (Fsp3) is 0.769. The van der Waals surface area contributed by atoms with Crippen LogP contribution >= 0.6 is 0 Å². The molecule has 1 aromatic rings. The summed E-state index contributed by atoms with van der Waals surface area (Å²) in [5.41, 5.74) is 1.23. The molecule has 0 saturated heterocycles. The highest BCUT2D eigenvalue weighted by Gasteiger charge is 2.09. The van der Waals surface area contributed by atoms with Gasteiger partial charge in [0.1, 0.15) is 0 Å². The summed E-state index contributed by atoms with van der Waals surface area (Å²) in [7, 11) is 1.75. The fourth-order valence-corrected chi connectivity index (χ4v) is 1.98. The molecule has 4 heteroatoms. The summed E-state index contributed by atoms with van der Waals surface area (Å²) in [5, 5.41) is 3.53. The predicted octanol–water partition coefficient (Wildman–Crippen LogP) is 2.37. The van der Waals surface area contributed by atoms with E-state index in [9.17, 15) is 0 Å². The van der Waals surface area contributed by atoms with Gasteiger partial charge in [-0.2, -0.15) is 0 Å². The largest absolute Gasteiger partial charge is 0.383 e. The molecule has 0 aliphatic carbocycles. The van der Waals surface area contributed by atoms with Crippen molar-refractivity contribution in [1.29, 1.82) is 0 Å². The molecular formula is C13H25N3O. The molecule has 1 heterocycles. The second-order valence-corrected chi connectivity index (χ2v) is 4.71. The SMILES string of the molecule is CCCC(COC)NCc1cncn1C(C)C. The molecule has 17 heavy (non-hydrogen) atoms. The van der Waals surface area contributed by atoms with Crippen molar-refractivity contribution >= 4 is 0 Å². The van der Waals surface area contributed by atoms with Crippen LogP contribution in [-0.4, -0.2) is 29.3 Å². The number of hydrogen-bond acceptors (Lipinski definition) is 3. The van der Waals surface area contributed by atoms with Crippen molar-refractivity contribution in [2.24, 2.45) is 0 Å². The predicted molar refractivity (Wildman–Crippen MR) is 70.0 cm³/mol. The molecule has 0 spiro atoms. The van der Waals surface area contributed by atoms with Gasteiger partial charge in [-0.25, -0.2) is 4.98 Å². The van der Waals surface area contributed by atoms with Crippen LogP contribution in [0.4, 0.5) is 0 Å². The number of imidazole rings is 1. The quantitative estimate of drug-likeness (QED) is 0.757. The summed E-state index contributed by atoms with van der Waals surface area (Å²) in [5.74, 6) is 0. The molecule has 0 aromatic carbocycles. The third kappa shape index (κ3) is 4.48. The Morgan fingerprint density at radius 1 is 1.47 bits per heavy atom. The molecule has 1 rings (SSSR count). The van der Waals surface area contributed by atoms with Gasteiger partial charge in [0.25, 0.3) is 0 Å². The Labute approximate surface area is 104 Å². The van der Waals surface area contributed by atoms with E-state index >= 15 is 0 Å². The lowest BCUT2D eigenvalue weighted by atomic mass is 10.2. The summed E-state index contributed by atoms with van der Waals surface area (Å²) in [6, 6.07) is 0.891. The van der Waals surface area contributed by atoms with Crippen molar-refractivity contribution in [3.05, 3.63) is 18.2 Å². The Hall–Kier alpha value is -0.870. The van der Waals surface area contributed by atoms with E-state index in [0.29, 0.717) is 12.1 Å². The Morgan fingerprint density at radius 2 is 2.24 bits per heavy atom. The second-order valence-electron chi connectivity index (χ2n) is 4.71. The lowest BCUT2D eigenvalue weighted by molar-refractivity contribution is 0.161. The topological polar surface area (TPSA) is 39.1 Å². The number of methoxy groups -OCH3 is 1. The van der Waals surface area contributed by atoms with Crippen molar-refractivity contribution < 1.29 is 4.74 Å². The van der Waals surface area contributed by atoms with E-state index in [1.807, 2.05) is 12.5 Å². The first kappa shape index (κ1) is 14.2. The van der Waals surface area contributed by atoms with Gasteiger partial charge in [-0.1, -0.05) is 13.3 Å². The molecule has 0 aliphatic heterocycles. The van der Waals surface area contributed by atoms with Gasteiger partial charge in [-0.3, -0.25) is 0 Å². The molecule has 1 N–H and O–H groups in total. The molecule has 0 fully saturated rings. The van der Waals surface area contributed by atoms with Crippen LogP contribution in [0.25, 0.3) is 0 Å². The van der Waals surface area contributed by atoms with E-state index in [0.717, 1.165) is 19.6 Å². The van der Waals surface area contributed by atoms with E-state index in [1.54, 1.807) is 7.11 Å². The van der Waals surface area contributed by atoms with Gasteiger partial charge in [-0.05, 0) is 20.3 Å². The van der Waals surface area contributed by atoms with Gasteiger partial charge in [0, 0.05) is 31.9 Å². The van der Waals surface area contributed by atoms with Crippen LogP contribution in [-0.2, 0) is 11.3 Å². The molecule has 0 bridgehead atoms. The Morgan fingerprint density at radius 3 is 2.82 bits per heavy atom. The van der Waals surface area contributed by atoms with E-state index in [4.69, 9.17) is 4.74 Å². The average molecular weight is 239 g/mol. The molecule has 4 nitrogen and oxygen atoms in total.